The fraction of sp³-hybridized carbons (Fsp3) is 0.400. The third-order valence-corrected chi connectivity index (χ3v) is 4.06. The highest BCUT2D eigenvalue weighted by atomic mass is 79.9. The lowest BCUT2D eigenvalue weighted by atomic mass is 10.3. The second-order valence-electron chi connectivity index (χ2n) is 3.40. The van der Waals surface area contributed by atoms with Crippen LogP contribution in [-0.2, 0) is 10.0 Å². The highest BCUT2D eigenvalue weighted by Crippen LogP contribution is 2.22. The van der Waals surface area contributed by atoms with Gasteiger partial charge in [-0.2, -0.15) is 0 Å². The maximum absolute atomic E-state index is 11.7. The van der Waals surface area contributed by atoms with Crippen molar-refractivity contribution in [2.45, 2.75) is 12.8 Å². The van der Waals surface area contributed by atoms with Crippen molar-refractivity contribution in [2.75, 3.05) is 17.0 Å². The Kier molecular flexibility index (Phi) is 5.24. The monoisotopic (exact) mass is 306 g/mol. The lowest BCUT2D eigenvalue weighted by Gasteiger charge is -2.08. The summed E-state index contributed by atoms with van der Waals surface area (Å²) in [4.78, 5) is 0. The predicted octanol–water partition coefficient (Wildman–Crippen LogP) is 1.93. The van der Waals surface area contributed by atoms with Crippen LogP contribution in [0.3, 0.4) is 0 Å². The molecule has 90 valence electrons. The lowest BCUT2D eigenvalue weighted by Crippen LogP contribution is -2.17. The highest BCUT2D eigenvalue weighted by molar-refractivity contribution is 9.10. The van der Waals surface area contributed by atoms with E-state index in [0.717, 1.165) is 10.9 Å². The largest absolute Gasteiger partial charge is 0.330 e. The molecule has 0 fully saturated rings. The summed E-state index contributed by atoms with van der Waals surface area (Å²) in [5.41, 5.74) is 5.88. The first kappa shape index (κ1) is 13.5. The molecule has 0 aliphatic heterocycles. The molecule has 1 aromatic carbocycles. The molecule has 0 heterocycles. The summed E-state index contributed by atoms with van der Waals surface area (Å²) in [6.45, 7) is 0.518. The van der Waals surface area contributed by atoms with Gasteiger partial charge in [0.15, 0.2) is 0 Å². The number of unbranched alkanes of at least 4 members (excludes halogenated alkanes) is 1. The SMILES string of the molecule is NCCCCS(=O)(=O)Nc1ccccc1Br. The Morgan fingerprint density at radius 1 is 1.25 bits per heavy atom. The molecule has 0 aliphatic rings. The van der Waals surface area contributed by atoms with Gasteiger partial charge in [0.1, 0.15) is 0 Å². The molecule has 0 unspecified atom stereocenters. The summed E-state index contributed by atoms with van der Waals surface area (Å²) in [5.74, 6) is 0.103. The topological polar surface area (TPSA) is 72.2 Å². The van der Waals surface area contributed by atoms with Gasteiger partial charge in [0.2, 0.25) is 10.0 Å². The third kappa shape index (κ3) is 4.51. The number of hydrogen-bond donors (Lipinski definition) is 2. The molecule has 0 bridgehead atoms. The van der Waals surface area contributed by atoms with Gasteiger partial charge >= 0.3 is 0 Å². The molecule has 0 radical (unpaired) electrons. The van der Waals surface area contributed by atoms with Crippen molar-refractivity contribution in [1.29, 1.82) is 0 Å². The zero-order valence-electron chi connectivity index (χ0n) is 8.82. The van der Waals surface area contributed by atoms with Gasteiger partial charge in [0.05, 0.1) is 11.4 Å². The summed E-state index contributed by atoms with van der Waals surface area (Å²) in [6, 6.07) is 7.11. The number of anilines is 1. The van der Waals surface area contributed by atoms with E-state index in [9.17, 15) is 8.42 Å². The van der Waals surface area contributed by atoms with E-state index < -0.39 is 10.0 Å². The fourth-order valence-corrected chi connectivity index (χ4v) is 2.91. The van der Waals surface area contributed by atoms with Gasteiger partial charge < -0.3 is 5.73 Å². The lowest BCUT2D eigenvalue weighted by molar-refractivity contribution is 0.597. The molecule has 0 saturated heterocycles. The molecule has 0 atom stereocenters. The summed E-state index contributed by atoms with van der Waals surface area (Å²) in [7, 11) is -3.26. The Morgan fingerprint density at radius 2 is 1.94 bits per heavy atom. The maximum atomic E-state index is 11.7. The van der Waals surface area contributed by atoms with E-state index >= 15 is 0 Å². The summed E-state index contributed by atoms with van der Waals surface area (Å²) in [6.07, 6.45) is 1.30. The average molecular weight is 307 g/mol. The molecular weight excluding hydrogens is 292 g/mol. The van der Waals surface area contributed by atoms with Crippen LogP contribution in [-0.4, -0.2) is 20.7 Å². The Morgan fingerprint density at radius 3 is 2.56 bits per heavy atom. The minimum absolute atomic E-state index is 0.103. The van der Waals surface area contributed by atoms with Crippen molar-refractivity contribution in [3.05, 3.63) is 28.7 Å². The number of nitrogens with one attached hydrogen (secondary N) is 1. The van der Waals surface area contributed by atoms with Crippen molar-refractivity contribution < 1.29 is 8.42 Å². The van der Waals surface area contributed by atoms with E-state index in [4.69, 9.17) is 5.73 Å². The minimum Gasteiger partial charge on any atom is -0.330 e. The molecule has 1 rings (SSSR count). The molecule has 0 saturated carbocycles. The number of sulfonamides is 1. The first-order chi connectivity index (χ1) is 7.55. The van der Waals surface area contributed by atoms with Crippen molar-refractivity contribution in [1.82, 2.24) is 0 Å². The molecular formula is C10H15BrN2O2S. The van der Waals surface area contributed by atoms with Gasteiger partial charge in [-0.05, 0) is 47.4 Å². The smallest absolute Gasteiger partial charge is 0.232 e. The second kappa shape index (κ2) is 6.22. The van der Waals surface area contributed by atoms with E-state index in [-0.39, 0.29) is 5.75 Å². The Balaban J connectivity index is 2.63. The molecule has 0 aromatic heterocycles. The molecule has 1 aromatic rings. The minimum atomic E-state index is -3.26. The van der Waals surface area contributed by atoms with Gasteiger partial charge in [-0.25, -0.2) is 8.42 Å². The molecule has 0 amide bonds. The number of halogens is 1. The van der Waals surface area contributed by atoms with Crippen LogP contribution in [0.1, 0.15) is 12.8 Å². The van der Waals surface area contributed by atoms with Crippen molar-refractivity contribution >= 4 is 31.6 Å². The van der Waals surface area contributed by atoms with Crippen LogP contribution in [0.2, 0.25) is 0 Å². The van der Waals surface area contributed by atoms with Crippen LogP contribution >= 0.6 is 15.9 Å². The third-order valence-electron chi connectivity index (χ3n) is 2.01. The Labute approximate surface area is 104 Å². The first-order valence-corrected chi connectivity index (χ1v) is 7.45. The van der Waals surface area contributed by atoms with Gasteiger partial charge in [-0.3, -0.25) is 4.72 Å². The molecule has 16 heavy (non-hydrogen) atoms. The van der Waals surface area contributed by atoms with Crippen molar-refractivity contribution in [3.8, 4) is 0 Å². The molecule has 0 spiro atoms. The second-order valence-corrected chi connectivity index (χ2v) is 6.09. The predicted molar refractivity (Wildman–Crippen MR) is 69.8 cm³/mol. The van der Waals surface area contributed by atoms with Crippen LogP contribution < -0.4 is 10.5 Å². The first-order valence-electron chi connectivity index (χ1n) is 5.00. The quantitative estimate of drug-likeness (QED) is 0.789. The van der Waals surface area contributed by atoms with Crippen LogP contribution in [0.15, 0.2) is 28.7 Å². The van der Waals surface area contributed by atoms with Crippen LogP contribution in [0.5, 0.6) is 0 Å². The number of para-hydroxylation sites is 1. The van der Waals surface area contributed by atoms with E-state index in [1.165, 1.54) is 0 Å². The van der Waals surface area contributed by atoms with Gasteiger partial charge in [-0.15, -0.1) is 0 Å². The number of benzene rings is 1. The molecule has 3 N–H and O–H groups in total. The molecule has 6 heteroatoms. The normalized spacial score (nSPS) is 11.4. The average Bonchev–Trinajstić information content (AvgIpc) is 2.21. The molecule has 0 aliphatic carbocycles. The summed E-state index contributed by atoms with van der Waals surface area (Å²) >= 11 is 3.28. The van der Waals surface area contributed by atoms with E-state index in [2.05, 4.69) is 20.7 Å². The molecule has 4 nitrogen and oxygen atoms in total. The van der Waals surface area contributed by atoms with Gasteiger partial charge in [-0.1, -0.05) is 12.1 Å². The number of nitrogens with two attached hydrogens (primary N) is 1. The van der Waals surface area contributed by atoms with E-state index in [0.29, 0.717) is 18.7 Å². The van der Waals surface area contributed by atoms with E-state index in [1.807, 2.05) is 6.07 Å². The maximum Gasteiger partial charge on any atom is 0.232 e. The van der Waals surface area contributed by atoms with Crippen molar-refractivity contribution in [3.63, 3.8) is 0 Å². The number of rotatable bonds is 6. The fourth-order valence-electron chi connectivity index (χ4n) is 1.20. The van der Waals surface area contributed by atoms with Crippen LogP contribution in [0.25, 0.3) is 0 Å². The number of hydrogen-bond acceptors (Lipinski definition) is 3. The Bertz CT molecular complexity index is 434. The zero-order valence-corrected chi connectivity index (χ0v) is 11.2. The highest BCUT2D eigenvalue weighted by Gasteiger charge is 2.11. The Hall–Kier alpha value is -0.590. The van der Waals surface area contributed by atoms with E-state index in [1.54, 1.807) is 18.2 Å². The zero-order chi connectivity index (χ0) is 12.0. The standard InChI is InChI=1S/C10H15BrN2O2S/c11-9-5-1-2-6-10(9)13-16(14,15)8-4-3-7-12/h1-2,5-6,13H,3-4,7-8,12H2. The van der Waals surface area contributed by atoms with Crippen LogP contribution in [0.4, 0.5) is 5.69 Å². The van der Waals surface area contributed by atoms with Crippen molar-refractivity contribution in [2.24, 2.45) is 5.73 Å². The summed E-state index contributed by atoms with van der Waals surface area (Å²) < 4.78 is 26.6. The summed E-state index contributed by atoms with van der Waals surface area (Å²) in [5, 5.41) is 0. The van der Waals surface area contributed by atoms with Gasteiger partial charge in [0.25, 0.3) is 0 Å². The van der Waals surface area contributed by atoms with Gasteiger partial charge in [0, 0.05) is 4.47 Å². The van der Waals surface area contributed by atoms with Crippen LogP contribution in [0, 0.1) is 0 Å².